The van der Waals surface area contributed by atoms with Crippen molar-refractivity contribution >= 4 is 12.0 Å². The monoisotopic (exact) mass is 236 g/mol. The molecule has 1 unspecified atom stereocenters. The number of hydrogen-bond acceptors (Lipinski definition) is 5. The highest BCUT2D eigenvalue weighted by Gasteiger charge is 2.23. The van der Waals surface area contributed by atoms with Crippen LogP contribution in [0.1, 0.15) is 5.56 Å². The number of rotatable bonds is 2. The van der Waals surface area contributed by atoms with E-state index in [2.05, 4.69) is 4.74 Å². The average Bonchev–Trinajstić information content (AvgIpc) is 2.36. The first-order valence-corrected chi connectivity index (χ1v) is 4.99. The Bertz CT molecular complexity index is 478. The third kappa shape index (κ3) is 2.04. The number of fused-ring (bicyclic) bond motifs is 1. The molecule has 1 aromatic carbocycles. The molecule has 0 spiro atoms. The Morgan fingerprint density at radius 3 is 2.82 bits per heavy atom. The quantitative estimate of drug-likeness (QED) is 0.785. The molecule has 2 rings (SSSR count). The molecule has 0 radical (unpaired) electrons. The van der Waals surface area contributed by atoms with Crippen LogP contribution in [0.3, 0.4) is 0 Å². The molecule has 0 aromatic heterocycles. The minimum atomic E-state index is -0.762. The Balaban J connectivity index is 2.34. The second-order valence-corrected chi connectivity index (χ2v) is 3.48. The predicted molar refractivity (Wildman–Crippen MR) is 60.1 cm³/mol. The molecular formula is C12H12O5. The predicted octanol–water partition coefficient (Wildman–Crippen LogP) is 1.35. The molecule has 5 heteroatoms. The van der Waals surface area contributed by atoms with E-state index in [1.807, 2.05) is 0 Å². The number of ether oxygens (including phenoxy) is 3. The summed E-state index contributed by atoms with van der Waals surface area (Å²) in [5.74, 6) is 0.315. The van der Waals surface area contributed by atoms with Crippen LogP contribution in [0.15, 0.2) is 18.2 Å². The summed E-state index contributed by atoms with van der Waals surface area (Å²) in [5.41, 5.74) is 0.684. The van der Waals surface area contributed by atoms with Gasteiger partial charge in [-0.15, -0.1) is 0 Å². The second-order valence-electron chi connectivity index (χ2n) is 3.48. The van der Waals surface area contributed by atoms with Gasteiger partial charge in [0.2, 0.25) is 6.10 Å². The molecule has 1 aliphatic rings. The maximum Gasteiger partial charge on any atom is 0.351 e. The van der Waals surface area contributed by atoms with Crippen LogP contribution in [0, 0.1) is 0 Å². The van der Waals surface area contributed by atoms with Crippen LogP contribution in [0.25, 0.3) is 6.08 Å². The first-order valence-electron chi connectivity index (χ1n) is 4.99. The van der Waals surface area contributed by atoms with E-state index in [4.69, 9.17) is 9.47 Å². The Labute approximate surface area is 98.2 Å². The third-order valence-corrected chi connectivity index (χ3v) is 2.45. The molecule has 0 aliphatic carbocycles. The number of hydrogen-bond donors (Lipinski definition) is 1. The van der Waals surface area contributed by atoms with Crippen LogP contribution in [0.4, 0.5) is 0 Å². The van der Waals surface area contributed by atoms with Crippen molar-refractivity contribution in [1.29, 1.82) is 0 Å². The fraction of sp³-hybridized carbons (Fsp3) is 0.250. The number of phenolic OH excluding ortho intramolecular Hbond substituents is 1. The van der Waals surface area contributed by atoms with E-state index in [9.17, 15) is 9.90 Å². The van der Waals surface area contributed by atoms with Gasteiger partial charge in [-0.25, -0.2) is 4.79 Å². The first kappa shape index (κ1) is 11.3. The molecule has 1 atom stereocenters. The summed E-state index contributed by atoms with van der Waals surface area (Å²) in [6.07, 6.45) is 2.50. The van der Waals surface area contributed by atoms with Gasteiger partial charge in [0.05, 0.1) is 14.2 Å². The zero-order chi connectivity index (χ0) is 12.4. The molecule has 0 saturated heterocycles. The van der Waals surface area contributed by atoms with E-state index in [0.29, 0.717) is 17.1 Å². The van der Waals surface area contributed by atoms with Gasteiger partial charge < -0.3 is 19.3 Å². The van der Waals surface area contributed by atoms with Crippen molar-refractivity contribution < 1.29 is 24.1 Å². The maximum absolute atomic E-state index is 11.3. The fourth-order valence-electron chi connectivity index (χ4n) is 1.57. The molecule has 90 valence electrons. The molecule has 1 aliphatic heterocycles. The van der Waals surface area contributed by atoms with E-state index in [1.165, 1.54) is 26.4 Å². The summed E-state index contributed by atoms with van der Waals surface area (Å²) >= 11 is 0. The van der Waals surface area contributed by atoms with Crippen LogP contribution >= 0.6 is 0 Å². The lowest BCUT2D eigenvalue weighted by Crippen LogP contribution is -2.28. The molecule has 0 bridgehead atoms. The Morgan fingerprint density at radius 2 is 2.18 bits per heavy atom. The van der Waals surface area contributed by atoms with Crippen molar-refractivity contribution in [1.82, 2.24) is 0 Å². The summed E-state index contributed by atoms with van der Waals surface area (Å²) in [4.78, 5) is 11.3. The summed E-state index contributed by atoms with van der Waals surface area (Å²) in [6, 6.07) is 3.04. The standard InChI is InChI=1S/C12H12O5/c1-15-11-6-10-7(5-8(11)13)3-4-9(17-10)12(14)16-2/h3-6,9,13H,1-2H3. The normalized spacial score (nSPS) is 16.9. The van der Waals surface area contributed by atoms with Crippen molar-refractivity contribution in [3.8, 4) is 17.2 Å². The number of methoxy groups -OCH3 is 2. The number of carbonyl (C=O) groups excluding carboxylic acids is 1. The molecule has 1 aromatic rings. The van der Waals surface area contributed by atoms with E-state index in [-0.39, 0.29) is 5.75 Å². The SMILES string of the molecule is COC(=O)C1C=Cc2cc(O)c(OC)cc2O1. The number of benzene rings is 1. The van der Waals surface area contributed by atoms with Crippen LogP contribution < -0.4 is 9.47 Å². The molecule has 0 saturated carbocycles. The van der Waals surface area contributed by atoms with Gasteiger partial charge in [0, 0.05) is 11.6 Å². The summed E-state index contributed by atoms with van der Waals surface area (Å²) in [5, 5.41) is 9.58. The van der Waals surface area contributed by atoms with Crippen molar-refractivity contribution in [3.05, 3.63) is 23.8 Å². The summed E-state index contributed by atoms with van der Waals surface area (Å²) in [6.45, 7) is 0. The Hall–Kier alpha value is -2.17. The lowest BCUT2D eigenvalue weighted by molar-refractivity contribution is -0.146. The largest absolute Gasteiger partial charge is 0.504 e. The molecular weight excluding hydrogens is 224 g/mol. The van der Waals surface area contributed by atoms with Gasteiger partial charge in [0.1, 0.15) is 5.75 Å². The highest BCUT2D eigenvalue weighted by atomic mass is 16.6. The van der Waals surface area contributed by atoms with Gasteiger partial charge in [-0.1, -0.05) is 6.08 Å². The second kappa shape index (κ2) is 4.37. The summed E-state index contributed by atoms with van der Waals surface area (Å²) < 4.78 is 15.0. The third-order valence-electron chi connectivity index (χ3n) is 2.45. The minimum absolute atomic E-state index is 0.0241. The summed E-state index contributed by atoms with van der Waals surface area (Å²) in [7, 11) is 2.74. The van der Waals surface area contributed by atoms with Gasteiger partial charge >= 0.3 is 5.97 Å². The molecule has 5 nitrogen and oxygen atoms in total. The van der Waals surface area contributed by atoms with E-state index >= 15 is 0 Å². The maximum atomic E-state index is 11.3. The number of aromatic hydroxyl groups is 1. The highest BCUT2D eigenvalue weighted by Crippen LogP contribution is 2.36. The van der Waals surface area contributed by atoms with Crippen molar-refractivity contribution in [2.75, 3.05) is 14.2 Å². The van der Waals surface area contributed by atoms with Gasteiger partial charge in [-0.05, 0) is 12.1 Å². The number of phenols is 1. The minimum Gasteiger partial charge on any atom is -0.504 e. The van der Waals surface area contributed by atoms with Gasteiger partial charge in [0.15, 0.2) is 11.5 Å². The average molecular weight is 236 g/mol. The topological polar surface area (TPSA) is 65.0 Å². The Kier molecular flexibility index (Phi) is 2.91. The smallest absolute Gasteiger partial charge is 0.351 e. The van der Waals surface area contributed by atoms with Crippen molar-refractivity contribution in [2.45, 2.75) is 6.10 Å². The van der Waals surface area contributed by atoms with Crippen molar-refractivity contribution in [3.63, 3.8) is 0 Å². The van der Waals surface area contributed by atoms with E-state index in [1.54, 1.807) is 12.2 Å². The van der Waals surface area contributed by atoms with Crippen LogP contribution in [-0.4, -0.2) is 31.4 Å². The zero-order valence-electron chi connectivity index (χ0n) is 9.47. The van der Waals surface area contributed by atoms with E-state index in [0.717, 1.165) is 0 Å². The fourth-order valence-corrected chi connectivity index (χ4v) is 1.57. The van der Waals surface area contributed by atoms with Gasteiger partial charge in [0.25, 0.3) is 0 Å². The van der Waals surface area contributed by atoms with Gasteiger partial charge in [-0.3, -0.25) is 0 Å². The molecule has 0 fully saturated rings. The van der Waals surface area contributed by atoms with Crippen LogP contribution in [0.2, 0.25) is 0 Å². The lowest BCUT2D eigenvalue weighted by atomic mass is 10.1. The number of carbonyl (C=O) groups is 1. The molecule has 1 N–H and O–H groups in total. The van der Waals surface area contributed by atoms with Crippen LogP contribution in [-0.2, 0) is 9.53 Å². The Morgan fingerprint density at radius 1 is 1.41 bits per heavy atom. The molecule has 1 heterocycles. The number of esters is 1. The van der Waals surface area contributed by atoms with Crippen LogP contribution in [0.5, 0.6) is 17.2 Å². The van der Waals surface area contributed by atoms with Gasteiger partial charge in [-0.2, -0.15) is 0 Å². The lowest BCUT2D eigenvalue weighted by Gasteiger charge is -2.20. The molecule has 17 heavy (non-hydrogen) atoms. The highest BCUT2D eigenvalue weighted by molar-refractivity contribution is 5.81. The first-order chi connectivity index (χ1) is 8.15. The van der Waals surface area contributed by atoms with E-state index < -0.39 is 12.1 Å². The van der Waals surface area contributed by atoms with Crippen molar-refractivity contribution in [2.24, 2.45) is 0 Å². The molecule has 0 amide bonds. The zero-order valence-corrected chi connectivity index (χ0v) is 9.47.